The summed E-state index contributed by atoms with van der Waals surface area (Å²) in [6, 6.07) is 0. The summed E-state index contributed by atoms with van der Waals surface area (Å²) in [5, 5.41) is -0.427. The predicted octanol–water partition coefficient (Wildman–Crippen LogP) is 2.62. The number of sulfone groups is 1. The van der Waals surface area contributed by atoms with Crippen LogP contribution in [0.25, 0.3) is 0 Å². The van der Waals surface area contributed by atoms with Crippen molar-refractivity contribution in [3.05, 3.63) is 48.4 Å². The highest BCUT2D eigenvalue weighted by Gasteiger charge is 2.18. The van der Waals surface area contributed by atoms with Gasteiger partial charge in [0, 0.05) is 0 Å². The maximum atomic E-state index is 11.7. The van der Waals surface area contributed by atoms with Crippen LogP contribution >= 0.6 is 0 Å². The lowest BCUT2D eigenvalue weighted by Gasteiger charge is -2.07. The Morgan fingerprint density at radius 2 is 1.79 bits per heavy atom. The Hall–Kier alpha value is -1.09. The summed E-state index contributed by atoms with van der Waals surface area (Å²) >= 11 is 0. The van der Waals surface area contributed by atoms with Crippen LogP contribution in [0.2, 0.25) is 0 Å². The third-order valence-electron chi connectivity index (χ3n) is 1.66. The SMILES string of the molecule is C=C/C=C\C=C(/C=C)S(=O)(=O)C(C)C. The highest BCUT2D eigenvalue weighted by atomic mass is 32.2. The summed E-state index contributed by atoms with van der Waals surface area (Å²) in [5.41, 5.74) is 0. The van der Waals surface area contributed by atoms with E-state index in [9.17, 15) is 8.42 Å². The second-order valence-electron chi connectivity index (χ2n) is 2.99. The van der Waals surface area contributed by atoms with Gasteiger partial charge in [-0.05, 0) is 19.9 Å². The van der Waals surface area contributed by atoms with E-state index in [-0.39, 0.29) is 4.91 Å². The van der Waals surface area contributed by atoms with Crippen LogP contribution in [0.1, 0.15) is 13.8 Å². The minimum Gasteiger partial charge on any atom is -0.223 e. The van der Waals surface area contributed by atoms with Crippen LogP contribution < -0.4 is 0 Å². The van der Waals surface area contributed by atoms with Crippen molar-refractivity contribution >= 4 is 9.84 Å². The molecule has 0 aliphatic carbocycles. The van der Waals surface area contributed by atoms with E-state index in [2.05, 4.69) is 13.2 Å². The molecule has 0 aliphatic rings. The first-order chi connectivity index (χ1) is 6.46. The quantitative estimate of drug-likeness (QED) is 0.656. The molecule has 0 rings (SSSR count). The van der Waals surface area contributed by atoms with Gasteiger partial charge in [0.05, 0.1) is 10.2 Å². The van der Waals surface area contributed by atoms with Crippen molar-refractivity contribution in [1.82, 2.24) is 0 Å². The van der Waals surface area contributed by atoms with Gasteiger partial charge in [0.1, 0.15) is 0 Å². The van der Waals surface area contributed by atoms with Gasteiger partial charge in [-0.2, -0.15) is 0 Å². The van der Waals surface area contributed by atoms with Crippen LogP contribution in [0.3, 0.4) is 0 Å². The fourth-order valence-corrected chi connectivity index (χ4v) is 1.83. The summed E-state index contributed by atoms with van der Waals surface area (Å²) in [7, 11) is -3.21. The highest BCUT2D eigenvalue weighted by Crippen LogP contribution is 2.14. The molecule has 0 N–H and O–H groups in total. The van der Waals surface area contributed by atoms with Crippen LogP contribution in [-0.2, 0) is 9.84 Å². The topological polar surface area (TPSA) is 34.1 Å². The standard InChI is InChI=1S/C11H16O2S/c1-5-7-8-9-11(6-2)14(12,13)10(3)4/h5-10H,1-2H2,3-4H3/b8-7-,11-9+. The van der Waals surface area contributed by atoms with E-state index in [4.69, 9.17) is 0 Å². The molecule has 0 aromatic heterocycles. The van der Waals surface area contributed by atoms with Crippen molar-refractivity contribution in [2.24, 2.45) is 0 Å². The molecule has 3 heteroatoms. The number of hydrogen-bond donors (Lipinski definition) is 0. The number of hydrogen-bond acceptors (Lipinski definition) is 2. The second kappa shape index (κ2) is 5.60. The van der Waals surface area contributed by atoms with Crippen LogP contribution in [0.4, 0.5) is 0 Å². The minimum absolute atomic E-state index is 0.241. The molecule has 0 spiro atoms. The lowest BCUT2D eigenvalue weighted by atomic mass is 10.4. The zero-order valence-corrected chi connectivity index (χ0v) is 9.42. The smallest absolute Gasteiger partial charge is 0.180 e. The Bertz CT molecular complexity index is 357. The highest BCUT2D eigenvalue weighted by molar-refractivity contribution is 7.96. The third kappa shape index (κ3) is 3.34. The summed E-state index contributed by atoms with van der Waals surface area (Å²) in [5.74, 6) is 0. The summed E-state index contributed by atoms with van der Waals surface area (Å²) in [6.45, 7) is 10.3. The van der Waals surface area contributed by atoms with E-state index in [0.29, 0.717) is 0 Å². The third-order valence-corrected chi connectivity index (χ3v) is 3.86. The molecule has 0 saturated carbocycles. The van der Waals surface area contributed by atoms with Gasteiger partial charge >= 0.3 is 0 Å². The van der Waals surface area contributed by atoms with Crippen LogP contribution in [-0.4, -0.2) is 13.7 Å². The van der Waals surface area contributed by atoms with E-state index in [1.165, 1.54) is 12.2 Å². The molecule has 0 heterocycles. The van der Waals surface area contributed by atoms with Crippen LogP contribution in [0.5, 0.6) is 0 Å². The van der Waals surface area contributed by atoms with Gasteiger partial charge in [0.15, 0.2) is 9.84 Å². The Morgan fingerprint density at radius 1 is 1.21 bits per heavy atom. The van der Waals surface area contributed by atoms with Crippen molar-refractivity contribution < 1.29 is 8.42 Å². The molecule has 0 saturated heterocycles. The summed E-state index contributed by atoms with van der Waals surface area (Å²) in [6.07, 6.45) is 7.75. The molecule has 0 amide bonds. The Labute approximate surface area is 86.3 Å². The fraction of sp³-hybridized carbons (Fsp3) is 0.273. The van der Waals surface area contributed by atoms with Gasteiger partial charge in [0.2, 0.25) is 0 Å². The molecule has 0 bridgehead atoms. The molecule has 14 heavy (non-hydrogen) atoms. The largest absolute Gasteiger partial charge is 0.223 e. The van der Waals surface area contributed by atoms with Crippen molar-refractivity contribution in [2.75, 3.05) is 0 Å². The van der Waals surface area contributed by atoms with E-state index >= 15 is 0 Å². The lowest BCUT2D eigenvalue weighted by Crippen LogP contribution is -2.14. The van der Waals surface area contributed by atoms with Crippen LogP contribution in [0.15, 0.2) is 48.4 Å². The van der Waals surface area contributed by atoms with Gasteiger partial charge in [-0.25, -0.2) is 8.42 Å². The van der Waals surface area contributed by atoms with Crippen molar-refractivity contribution in [1.29, 1.82) is 0 Å². The molecule has 0 aromatic carbocycles. The Kier molecular flexibility index (Phi) is 5.16. The van der Waals surface area contributed by atoms with Crippen molar-refractivity contribution in [2.45, 2.75) is 19.1 Å². The van der Waals surface area contributed by atoms with Gasteiger partial charge in [-0.15, -0.1) is 0 Å². The molecular formula is C11H16O2S. The molecule has 0 fully saturated rings. The van der Waals surface area contributed by atoms with Gasteiger partial charge in [0.25, 0.3) is 0 Å². The molecule has 0 atom stereocenters. The van der Waals surface area contributed by atoms with E-state index in [1.807, 2.05) is 0 Å². The maximum absolute atomic E-state index is 11.7. The van der Waals surface area contributed by atoms with Gasteiger partial charge < -0.3 is 0 Å². The van der Waals surface area contributed by atoms with Crippen molar-refractivity contribution in [3.63, 3.8) is 0 Å². The number of rotatable bonds is 5. The first-order valence-corrected chi connectivity index (χ1v) is 5.87. The van der Waals surface area contributed by atoms with E-state index in [0.717, 1.165) is 0 Å². The van der Waals surface area contributed by atoms with Gasteiger partial charge in [-0.3, -0.25) is 0 Å². The summed E-state index contributed by atoms with van der Waals surface area (Å²) < 4.78 is 23.3. The first kappa shape index (κ1) is 12.9. The molecular weight excluding hydrogens is 196 g/mol. The average molecular weight is 212 g/mol. The first-order valence-electron chi connectivity index (χ1n) is 4.32. The Balaban J connectivity index is 5.10. The van der Waals surface area contributed by atoms with Crippen LogP contribution in [0, 0.1) is 0 Å². The van der Waals surface area contributed by atoms with Crippen molar-refractivity contribution in [3.8, 4) is 0 Å². The molecule has 2 nitrogen and oxygen atoms in total. The fourth-order valence-electron chi connectivity index (χ4n) is 0.780. The second-order valence-corrected chi connectivity index (χ2v) is 5.49. The normalized spacial score (nSPS) is 13.5. The molecule has 0 unspecified atom stereocenters. The lowest BCUT2D eigenvalue weighted by molar-refractivity contribution is 0.594. The molecule has 0 radical (unpaired) electrons. The van der Waals surface area contributed by atoms with E-state index in [1.54, 1.807) is 32.1 Å². The Morgan fingerprint density at radius 3 is 2.14 bits per heavy atom. The average Bonchev–Trinajstić information content (AvgIpc) is 2.12. The molecule has 0 aliphatic heterocycles. The monoisotopic (exact) mass is 212 g/mol. The van der Waals surface area contributed by atoms with E-state index < -0.39 is 15.1 Å². The number of allylic oxidation sites excluding steroid dienone is 5. The zero-order valence-electron chi connectivity index (χ0n) is 8.60. The predicted molar refractivity (Wildman–Crippen MR) is 61.7 cm³/mol. The zero-order chi connectivity index (χ0) is 11.2. The maximum Gasteiger partial charge on any atom is 0.180 e. The molecule has 0 aromatic rings. The summed E-state index contributed by atoms with van der Waals surface area (Å²) in [4.78, 5) is 0.241. The van der Waals surface area contributed by atoms with Gasteiger partial charge in [-0.1, -0.05) is 37.5 Å². The minimum atomic E-state index is -3.21. The molecule has 78 valence electrons.